The van der Waals surface area contributed by atoms with Crippen molar-refractivity contribution in [3.8, 4) is 11.3 Å². The summed E-state index contributed by atoms with van der Waals surface area (Å²) in [4.78, 5) is 22.0. The van der Waals surface area contributed by atoms with Gasteiger partial charge in [-0.05, 0) is 50.2 Å². The average molecular weight is 431 g/mol. The molecule has 1 amide bonds. The third kappa shape index (κ3) is 4.58. The first-order valence-electron chi connectivity index (χ1n) is 9.90. The van der Waals surface area contributed by atoms with Crippen LogP contribution in [-0.2, 0) is 11.2 Å². The zero-order valence-corrected chi connectivity index (χ0v) is 18.0. The van der Waals surface area contributed by atoms with E-state index in [4.69, 9.17) is 28.2 Å². The number of benzene rings is 1. The first kappa shape index (κ1) is 20.2. The van der Waals surface area contributed by atoms with Crippen LogP contribution in [0.4, 0.5) is 0 Å². The monoisotopic (exact) mass is 430 g/mol. The molecule has 0 saturated carbocycles. The number of aromatic nitrogens is 2. The average Bonchev–Trinajstić information content (AvgIpc) is 3.35. The highest BCUT2D eigenvalue weighted by atomic mass is 35.5. The molecule has 0 atom stereocenters. The summed E-state index contributed by atoms with van der Waals surface area (Å²) in [7, 11) is 1.87. The van der Waals surface area contributed by atoms with E-state index < -0.39 is 0 Å². The summed E-state index contributed by atoms with van der Waals surface area (Å²) < 4.78 is 1.92. The molecule has 29 heavy (non-hydrogen) atoms. The van der Waals surface area contributed by atoms with Crippen LogP contribution in [0.2, 0.25) is 10.0 Å². The van der Waals surface area contributed by atoms with Gasteiger partial charge in [-0.15, -0.1) is 0 Å². The minimum atomic E-state index is 0.0705. The van der Waals surface area contributed by atoms with Crippen molar-refractivity contribution >= 4 is 34.8 Å². The largest absolute Gasteiger partial charge is 0.344 e. The smallest absolute Gasteiger partial charge is 0.228 e. The molecule has 4 rings (SSSR count). The number of halogens is 2. The number of imidazole rings is 1. The number of carbonyl (C=O) groups is 1. The van der Waals surface area contributed by atoms with Gasteiger partial charge in [-0.2, -0.15) is 0 Å². The van der Waals surface area contributed by atoms with Gasteiger partial charge in [-0.3, -0.25) is 4.79 Å². The van der Waals surface area contributed by atoms with Gasteiger partial charge in [0, 0.05) is 36.9 Å². The van der Waals surface area contributed by atoms with Crippen LogP contribution in [0, 0.1) is 0 Å². The van der Waals surface area contributed by atoms with Crippen molar-refractivity contribution in [2.24, 2.45) is 0 Å². The van der Waals surface area contributed by atoms with Gasteiger partial charge in [0.2, 0.25) is 5.91 Å². The number of amides is 1. The van der Waals surface area contributed by atoms with Gasteiger partial charge < -0.3 is 14.2 Å². The van der Waals surface area contributed by atoms with Crippen LogP contribution >= 0.6 is 23.2 Å². The van der Waals surface area contributed by atoms with Gasteiger partial charge in [-0.25, -0.2) is 4.98 Å². The van der Waals surface area contributed by atoms with Crippen molar-refractivity contribution in [2.45, 2.75) is 19.3 Å². The number of fused-ring (bicyclic) bond motifs is 1. The molecule has 0 unspecified atom stereocenters. The molecule has 0 radical (unpaired) electrons. The van der Waals surface area contributed by atoms with E-state index in [-0.39, 0.29) is 12.3 Å². The maximum atomic E-state index is 13.0. The fourth-order valence-corrected chi connectivity index (χ4v) is 4.06. The first-order chi connectivity index (χ1) is 14.0. The van der Waals surface area contributed by atoms with E-state index in [0.29, 0.717) is 10.0 Å². The molecule has 1 fully saturated rings. The zero-order valence-electron chi connectivity index (χ0n) is 16.4. The maximum absolute atomic E-state index is 13.0. The van der Waals surface area contributed by atoms with E-state index in [9.17, 15) is 4.79 Å². The highest BCUT2D eigenvalue weighted by Crippen LogP contribution is 2.27. The van der Waals surface area contributed by atoms with Gasteiger partial charge in [0.05, 0.1) is 22.8 Å². The lowest BCUT2D eigenvalue weighted by atomic mass is 10.1. The summed E-state index contributed by atoms with van der Waals surface area (Å²) in [5.41, 5.74) is 3.31. The van der Waals surface area contributed by atoms with Crippen molar-refractivity contribution < 1.29 is 4.79 Å². The van der Waals surface area contributed by atoms with Crippen LogP contribution < -0.4 is 0 Å². The molecular weight excluding hydrogens is 407 g/mol. The Bertz CT molecular complexity index is 1010. The molecule has 1 saturated heterocycles. The van der Waals surface area contributed by atoms with Crippen LogP contribution in [0.3, 0.4) is 0 Å². The van der Waals surface area contributed by atoms with Crippen LogP contribution in [-0.4, -0.2) is 58.3 Å². The lowest BCUT2D eigenvalue weighted by Crippen LogP contribution is -2.36. The van der Waals surface area contributed by atoms with E-state index in [1.165, 1.54) is 12.8 Å². The third-order valence-electron chi connectivity index (χ3n) is 5.49. The predicted molar refractivity (Wildman–Crippen MR) is 118 cm³/mol. The standard InChI is InChI=1S/C22H24Cl2N4O/c1-26(12-13-27-10-2-3-11-27)21(29)14-19-22(16-4-6-17(23)7-5-16)25-20-9-8-18(24)15-28(19)20/h4-9,15H,2-3,10-14H2,1H3. The Hall–Kier alpha value is -2.08. The maximum Gasteiger partial charge on any atom is 0.228 e. The van der Waals surface area contributed by atoms with Crippen molar-refractivity contribution in [3.63, 3.8) is 0 Å². The number of nitrogens with zero attached hydrogens (tertiary/aromatic N) is 4. The van der Waals surface area contributed by atoms with Gasteiger partial charge in [-0.1, -0.05) is 35.3 Å². The molecule has 1 aromatic carbocycles. The number of likely N-dealkylation sites (N-methyl/N-ethyl adjacent to an activating group) is 1. The van der Waals surface area contributed by atoms with E-state index >= 15 is 0 Å². The van der Waals surface area contributed by atoms with Crippen LogP contribution in [0.15, 0.2) is 42.6 Å². The van der Waals surface area contributed by atoms with Gasteiger partial charge in [0.15, 0.2) is 0 Å². The number of pyridine rings is 1. The lowest BCUT2D eigenvalue weighted by molar-refractivity contribution is -0.129. The fourth-order valence-electron chi connectivity index (χ4n) is 3.78. The summed E-state index contributed by atoms with van der Waals surface area (Å²) in [6.07, 6.45) is 4.58. The summed E-state index contributed by atoms with van der Waals surface area (Å²) in [5.74, 6) is 0.0705. The molecular formula is C22H24Cl2N4O. The highest BCUT2D eigenvalue weighted by Gasteiger charge is 2.20. The molecule has 0 bridgehead atoms. The Labute approximate surface area is 180 Å². The Morgan fingerprint density at radius 3 is 2.48 bits per heavy atom. The second-order valence-corrected chi connectivity index (χ2v) is 8.40. The van der Waals surface area contributed by atoms with Gasteiger partial charge in [0.1, 0.15) is 5.65 Å². The summed E-state index contributed by atoms with van der Waals surface area (Å²) in [6.45, 7) is 3.92. The number of likely N-dealkylation sites (tertiary alicyclic amines) is 1. The third-order valence-corrected chi connectivity index (χ3v) is 5.97. The van der Waals surface area contributed by atoms with Crippen LogP contribution in [0.25, 0.3) is 16.9 Å². The SMILES string of the molecule is CN(CCN1CCCC1)C(=O)Cc1c(-c2ccc(Cl)cc2)nc2ccc(Cl)cn12. The Balaban J connectivity index is 1.60. The topological polar surface area (TPSA) is 40.8 Å². The van der Waals surface area contributed by atoms with Gasteiger partial charge >= 0.3 is 0 Å². The zero-order chi connectivity index (χ0) is 20.4. The molecule has 0 aliphatic carbocycles. The Kier molecular flexibility index (Phi) is 6.09. The first-order valence-corrected chi connectivity index (χ1v) is 10.7. The quantitative estimate of drug-likeness (QED) is 0.581. The van der Waals surface area contributed by atoms with Crippen molar-refractivity contribution in [3.05, 3.63) is 58.3 Å². The molecule has 152 valence electrons. The minimum Gasteiger partial charge on any atom is -0.344 e. The molecule has 2 aromatic heterocycles. The predicted octanol–water partition coefficient (Wildman–Crippen LogP) is 4.40. The van der Waals surface area contributed by atoms with E-state index in [2.05, 4.69) is 4.90 Å². The van der Waals surface area contributed by atoms with E-state index in [1.54, 1.807) is 0 Å². The van der Waals surface area contributed by atoms with E-state index in [1.807, 2.05) is 58.9 Å². The van der Waals surface area contributed by atoms with Crippen LogP contribution in [0.1, 0.15) is 18.5 Å². The second kappa shape index (κ2) is 8.74. The molecule has 1 aliphatic heterocycles. The number of rotatable bonds is 6. The molecule has 1 aliphatic rings. The summed E-state index contributed by atoms with van der Waals surface area (Å²) in [6, 6.07) is 11.2. The summed E-state index contributed by atoms with van der Waals surface area (Å²) >= 11 is 12.3. The van der Waals surface area contributed by atoms with E-state index in [0.717, 1.165) is 48.8 Å². The minimum absolute atomic E-state index is 0.0705. The number of carbonyl (C=O) groups excluding carboxylic acids is 1. The second-order valence-electron chi connectivity index (χ2n) is 7.53. The normalized spacial score (nSPS) is 14.6. The van der Waals surface area contributed by atoms with Crippen LogP contribution in [0.5, 0.6) is 0 Å². The summed E-state index contributed by atoms with van der Waals surface area (Å²) in [5, 5.41) is 1.27. The number of hydrogen-bond donors (Lipinski definition) is 0. The molecule has 3 heterocycles. The Morgan fingerprint density at radius 2 is 1.76 bits per heavy atom. The molecule has 0 N–H and O–H groups in total. The molecule has 3 aromatic rings. The molecule has 0 spiro atoms. The Morgan fingerprint density at radius 1 is 1.07 bits per heavy atom. The fraction of sp³-hybridized carbons (Fsp3) is 0.364. The molecule has 5 nitrogen and oxygen atoms in total. The lowest BCUT2D eigenvalue weighted by Gasteiger charge is -2.21. The van der Waals surface area contributed by atoms with Crippen molar-refractivity contribution in [1.29, 1.82) is 0 Å². The van der Waals surface area contributed by atoms with Gasteiger partial charge in [0.25, 0.3) is 0 Å². The molecule has 7 heteroatoms. The van der Waals surface area contributed by atoms with Crippen molar-refractivity contribution in [1.82, 2.24) is 19.2 Å². The highest BCUT2D eigenvalue weighted by molar-refractivity contribution is 6.30. The van der Waals surface area contributed by atoms with Crippen molar-refractivity contribution in [2.75, 3.05) is 33.2 Å². The number of hydrogen-bond acceptors (Lipinski definition) is 3.